The Morgan fingerprint density at radius 3 is 2.62 bits per heavy atom. The van der Waals surface area contributed by atoms with Crippen LogP contribution in [0.1, 0.15) is 58.6 Å². The highest BCUT2D eigenvalue weighted by molar-refractivity contribution is 8.02. The van der Waals surface area contributed by atoms with Gasteiger partial charge in [0.25, 0.3) is 0 Å². The second-order valence-corrected chi connectivity index (χ2v) is 10.5. The van der Waals surface area contributed by atoms with E-state index in [4.69, 9.17) is 11.6 Å². The number of thioether (sulfide) groups is 1. The van der Waals surface area contributed by atoms with E-state index in [9.17, 15) is 9.90 Å². The lowest BCUT2D eigenvalue weighted by atomic mass is 10.1. The molecule has 0 atom stereocenters. The van der Waals surface area contributed by atoms with Gasteiger partial charge in [0.05, 0.1) is 5.69 Å². The molecule has 2 heterocycles. The van der Waals surface area contributed by atoms with Crippen LogP contribution in [0.15, 0.2) is 21.9 Å². The number of carboxylic acid groups (broad SMARTS) is 1. The minimum atomic E-state index is -0.890. The van der Waals surface area contributed by atoms with Crippen LogP contribution in [0.3, 0.4) is 0 Å². The van der Waals surface area contributed by atoms with Gasteiger partial charge in [-0.1, -0.05) is 56.0 Å². The zero-order valence-corrected chi connectivity index (χ0v) is 19.6. The summed E-state index contributed by atoms with van der Waals surface area (Å²) in [6.07, 6.45) is 6.83. The Balaban J connectivity index is 1.96. The average molecular weight is 457 g/mol. The van der Waals surface area contributed by atoms with Crippen molar-refractivity contribution < 1.29 is 9.90 Å². The molecule has 29 heavy (non-hydrogen) atoms. The van der Waals surface area contributed by atoms with Crippen LogP contribution in [0, 0.1) is 0 Å². The van der Waals surface area contributed by atoms with Gasteiger partial charge in [0.2, 0.25) is 0 Å². The summed E-state index contributed by atoms with van der Waals surface area (Å²) in [5.41, 5.74) is 0.969. The van der Waals surface area contributed by atoms with Crippen molar-refractivity contribution in [3.63, 3.8) is 0 Å². The van der Waals surface area contributed by atoms with Crippen LogP contribution in [-0.2, 0) is 11.2 Å². The average Bonchev–Trinajstić information content (AvgIpc) is 3.11. The van der Waals surface area contributed by atoms with Crippen LogP contribution in [0.2, 0.25) is 5.15 Å². The Morgan fingerprint density at radius 1 is 1.21 bits per heavy atom. The molecule has 0 amide bonds. The molecule has 6 nitrogen and oxygen atoms in total. The number of unbranched alkanes of at least 4 members (excludes halogenated alkanes) is 4. The lowest BCUT2D eigenvalue weighted by Crippen LogP contribution is -2.28. The molecule has 0 fully saturated rings. The molecule has 2 rings (SSSR count). The lowest BCUT2D eigenvalue weighted by Gasteiger charge is -2.23. The van der Waals surface area contributed by atoms with E-state index in [1.165, 1.54) is 48.8 Å². The highest BCUT2D eigenvalue weighted by atomic mass is 35.5. The lowest BCUT2D eigenvalue weighted by molar-refractivity contribution is -0.138. The third kappa shape index (κ3) is 8.10. The quantitative estimate of drug-likeness (QED) is 0.312. The fourth-order valence-corrected chi connectivity index (χ4v) is 5.01. The summed E-state index contributed by atoms with van der Waals surface area (Å²) in [7, 11) is 0. The Morgan fingerprint density at radius 2 is 1.97 bits per heavy atom. The Bertz CT molecular complexity index is 768. The molecular formula is C20H29ClN4O2S2. The monoisotopic (exact) mass is 456 g/mol. The first kappa shape index (κ1) is 23.9. The molecule has 2 aromatic rings. The first-order valence-corrected chi connectivity index (χ1v) is 12.0. The molecule has 0 aliphatic carbocycles. The van der Waals surface area contributed by atoms with E-state index < -0.39 is 10.7 Å². The van der Waals surface area contributed by atoms with Gasteiger partial charge in [-0.2, -0.15) is 0 Å². The number of halogens is 1. The molecule has 0 unspecified atom stereocenters. The predicted octanol–water partition coefficient (Wildman–Crippen LogP) is 5.56. The summed E-state index contributed by atoms with van der Waals surface area (Å²) in [5.74, 6) is -0.0171. The number of hydrogen-bond acceptors (Lipinski definition) is 7. The van der Waals surface area contributed by atoms with Crippen molar-refractivity contribution in [1.29, 1.82) is 0 Å². The number of hydrogen-bond donors (Lipinski definition) is 1. The Hall–Kier alpha value is -1.38. The van der Waals surface area contributed by atoms with Crippen molar-refractivity contribution >= 4 is 46.5 Å². The number of aromatic nitrogens is 3. The van der Waals surface area contributed by atoms with Crippen LogP contribution in [0.25, 0.3) is 0 Å². The first-order valence-electron chi connectivity index (χ1n) is 9.93. The number of carbonyl (C=O) groups is 1. The molecule has 0 radical (unpaired) electrons. The minimum Gasteiger partial charge on any atom is -0.480 e. The van der Waals surface area contributed by atoms with Crippen molar-refractivity contribution in [1.82, 2.24) is 15.2 Å². The standard InChI is InChI=1S/C20H29ClN4O2S2/c1-4-5-6-7-8-12-25(17-10-9-16(21)23-24-17)13-11-15-14-28-19(22-15)29-20(2,3)18(26)27/h9-10,14H,4-8,11-13H2,1-3H3,(H,26,27). The zero-order valence-electron chi connectivity index (χ0n) is 17.2. The van der Waals surface area contributed by atoms with E-state index in [1.807, 2.05) is 11.4 Å². The summed E-state index contributed by atoms with van der Waals surface area (Å²) in [6.45, 7) is 7.30. The van der Waals surface area contributed by atoms with Gasteiger partial charge in [-0.15, -0.1) is 21.5 Å². The summed E-state index contributed by atoms with van der Waals surface area (Å²) in [6, 6.07) is 3.67. The van der Waals surface area contributed by atoms with E-state index in [0.717, 1.165) is 41.8 Å². The smallest absolute Gasteiger partial charge is 0.319 e. The van der Waals surface area contributed by atoms with E-state index >= 15 is 0 Å². The van der Waals surface area contributed by atoms with Crippen molar-refractivity contribution in [3.05, 3.63) is 28.4 Å². The number of anilines is 1. The normalized spacial score (nSPS) is 11.6. The van der Waals surface area contributed by atoms with Gasteiger partial charge in [0.15, 0.2) is 15.3 Å². The van der Waals surface area contributed by atoms with Crippen LogP contribution in [-0.4, -0.2) is 44.1 Å². The van der Waals surface area contributed by atoms with Crippen molar-refractivity contribution in [2.75, 3.05) is 18.0 Å². The van der Waals surface area contributed by atoms with Gasteiger partial charge in [0, 0.05) is 24.9 Å². The molecule has 0 saturated carbocycles. The molecule has 0 aliphatic rings. The second kappa shape index (κ2) is 11.7. The fraction of sp³-hybridized carbons (Fsp3) is 0.600. The number of rotatable bonds is 13. The molecule has 160 valence electrons. The molecule has 0 spiro atoms. The van der Waals surface area contributed by atoms with E-state index in [0.29, 0.717) is 5.15 Å². The van der Waals surface area contributed by atoms with E-state index in [1.54, 1.807) is 19.9 Å². The largest absolute Gasteiger partial charge is 0.480 e. The maximum atomic E-state index is 11.3. The molecule has 2 aromatic heterocycles. The number of carboxylic acids is 1. The van der Waals surface area contributed by atoms with E-state index in [2.05, 4.69) is 27.0 Å². The van der Waals surface area contributed by atoms with Gasteiger partial charge in [0.1, 0.15) is 4.75 Å². The van der Waals surface area contributed by atoms with Crippen molar-refractivity contribution in [3.8, 4) is 0 Å². The van der Waals surface area contributed by atoms with Gasteiger partial charge >= 0.3 is 5.97 Å². The highest BCUT2D eigenvalue weighted by Gasteiger charge is 2.29. The molecule has 1 N–H and O–H groups in total. The second-order valence-electron chi connectivity index (χ2n) is 7.39. The summed E-state index contributed by atoms with van der Waals surface area (Å²) in [5, 5.41) is 19.9. The fourth-order valence-electron chi connectivity index (χ4n) is 2.69. The highest BCUT2D eigenvalue weighted by Crippen LogP contribution is 2.34. The minimum absolute atomic E-state index is 0.388. The van der Waals surface area contributed by atoms with Crippen LogP contribution in [0.5, 0.6) is 0 Å². The molecule has 0 bridgehead atoms. The topological polar surface area (TPSA) is 79.2 Å². The molecule has 0 aliphatic heterocycles. The predicted molar refractivity (Wildman–Crippen MR) is 121 cm³/mol. The van der Waals surface area contributed by atoms with Crippen LogP contribution >= 0.6 is 34.7 Å². The van der Waals surface area contributed by atoms with E-state index in [-0.39, 0.29) is 0 Å². The SMILES string of the molecule is CCCCCCCN(CCc1csc(SC(C)(C)C(=O)O)n1)c1ccc(Cl)nn1. The summed E-state index contributed by atoms with van der Waals surface area (Å²) >= 11 is 8.66. The van der Waals surface area contributed by atoms with Gasteiger partial charge in [-0.25, -0.2) is 4.98 Å². The van der Waals surface area contributed by atoms with Crippen LogP contribution < -0.4 is 4.90 Å². The number of thiazole rings is 1. The maximum Gasteiger partial charge on any atom is 0.319 e. The van der Waals surface area contributed by atoms with Gasteiger partial charge < -0.3 is 10.0 Å². The van der Waals surface area contributed by atoms with Crippen molar-refractivity contribution in [2.24, 2.45) is 0 Å². The maximum absolute atomic E-state index is 11.3. The Labute approximate surface area is 186 Å². The Kier molecular flexibility index (Phi) is 9.65. The zero-order chi connectivity index (χ0) is 21.3. The van der Waals surface area contributed by atoms with Crippen LogP contribution in [0.4, 0.5) is 5.82 Å². The molecule has 9 heteroatoms. The summed E-state index contributed by atoms with van der Waals surface area (Å²) in [4.78, 5) is 18.2. The number of aliphatic carboxylic acids is 1. The third-order valence-corrected chi connectivity index (χ3v) is 6.87. The van der Waals surface area contributed by atoms with Crippen molar-refractivity contribution in [2.45, 2.75) is 68.4 Å². The summed E-state index contributed by atoms with van der Waals surface area (Å²) < 4.78 is -0.108. The third-order valence-electron chi connectivity index (χ3n) is 4.50. The number of nitrogens with zero attached hydrogens (tertiary/aromatic N) is 4. The molecule has 0 aromatic carbocycles. The van der Waals surface area contributed by atoms with Gasteiger partial charge in [-0.3, -0.25) is 4.79 Å². The molecular weight excluding hydrogens is 428 g/mol. The first-order chi connectivity index (χ1) is 13.8. The van der Waals surface area contributed by atoms with Gasteiger partial charge in [-0.05, 0) is 32.4 Å². The molecule has 0 saturated heterocycles.